The van der Waals surface area contributed by atoms with Crippen LogP contribution >= 0.6 is 0 Å². The van der Waals surface area contributed by atoms with Gasteiger partial charge >= 0.3 is 5.97 Å². The van der Waals surface area contributed by atoms with Gasteiger partial charge in [-0.25, -0.2) is 0 Å². The quantitative estimate of drug-likeness (QED) is 0.482. The van der Waals surface area contributed by atoms with E-state index < -0.39 is 35.2 Å². The van der Waals surface area contributed by atoms with E-state index in [0.29, 0.717) is 5.56 Å². The van der Waals surface area contributed by atoms with Crippen molar-refractivity contribution in [3.05, 3.63) is 35.4 Å². The van der Waals surface area contributed by atoms with Gasteiger partial charge in [-0.2, -0.15) is 0 Å². The highest BCUT2D eigenvalue weighted by Crippen LogP contribution is 2.27. The molecular formula is C17H18O5. The molecule has 0 amide bonds. The molecule has 5 nitrogen and oxygen atoms in total. The third-order valence-electron chi connectivity index (χ3n) is 3.76. The van der Waals surface area contributed by atoms with Crippen LogP contribution in [0.2, 0.25) is 0 Å². The number of carbonyl (C=O) groups excluding carboxylic acids is 4. The standard InChI is InChI=1S/C17H18O5/c1-3-22-17(21)12-8-13(18)15(14(19)9-12)16(20)11-6-4-10(2)5-7-11/h4-7,12,15H,3,8-9H2,1-2H3. The Morgan fingerprint density at radius 3 is 2.14 bits per heavy atom. The zero-order valence-corrected chi connectivity index (χ0v) is 12.6. The zero-order valence-electron chi connectivity index (χ0n) is 12.6. The third kappa shape index (κ3) is 3.30. The van der Waals surface area contributed by atoms with Crippen molar-refractivity contribution in [1.29, 1.82) is 0 Å². The fourth-order valence-corrected chi connectivity index (χ4v) is 2.58. The maximum absolute atomic E-state index is 12.4. The maximum atomic E-state index is 12.4. The minimum Gasteiger partial charge on any atom is -0.466 e. The maximum Gasteiger partial charge on any atom is 0.309 e. The van der Waals surface area contributed by atoms with Crippen LogP contribution in [0.4, 0.5) is 0 Å². The van der Waals surface area contributed by atoms with E-state index in [1.165, 1.54) is 0 Å². The van der Waals surface area contributed by atoms with Crippen LogP contribution in [-0.2, 0) is 19.1 Å². The lowest BCUT2D eigenvalue weighted by atomic mass is 9.76. The van der Waals surface area contributed by atoms with Gasteiger partial charge in [-0.1, -0.05) is 29.8 Å². The number of hydrogen-bond donors (Lipinski definition) is 0. The number of hydrogen-bond acceptors (Lipinski definition) is 5. The Kier molecular flexibility index (Phi) is 4.85. The van der Waals surface area contributed by atoms with Crippen molar-refractivity contribution in [3.8, 4) is 0 Å². The Morgan fingerprint density at radius 1 is 1.09 bits per heavy atom. The van der Waals surface area contributed by atoms with Gasteiger partial charge in [0.25, 0.3) is 0 Å². The summed E-state index contributed by atoms with van der Waals surface area (Å²) in [6.07, 6.45) is -0.236. The summed E-state index contributed by atoms with van der Waals surface area (Å²) >= 11 is 0. The molecule has 0 aliphatic heterocycles. The Bertz CT molecular complexity index is 596. The minimum atomic E-state index is -1.28. The van der Waals surface area contributed by atoms with Crippen LogP contribution in [0.25, 0.3) is 0 Å². The molecule has 0 aromatic heterocycles. The van der Waals surface area contributed by atoms with E-state index in [9.17, 15) is 19.2 Å². The average Bonchev–Trinajstić information content (AvgIpc) is 2.47. The highest BCUT2D eigenvalue weighted by atomic mass is 16.5. The Hall–Kier alpha value is -2.30. The second-order valence-corrected chi connectivity index (χ2v) is 5.45. The molecule has 0 spiro atoms. The summed E-state index contributed by atoms with van der Waals surface area (Å²) in [4.78, 5) is 48.4. The highest BCUT2D eigenvalue weighted by molar-refractivity contribution is 6.25. The van der Waals surface area contributed by atoms with E-state index in [1.807, 2.05) is 6.92 Å². The van der Waals surface area contributed by atoms with Gasteiger partial charge in [-0.3, -0.25) is 19.2 Å². The van der Waals surface area contributed by atoms with E-state index in [2.05, 4.69) is 0 Å². The van der Waals surface area contributed by atoms with Crippen molar-refractivity contribution >= 4 is 23.3 Å². The number of aryl methyl sites for hydroxylation is 1. The number of ketones is 3. The van der Waals surface area contributed by atoms with Crippen molar-refractivity contribution in [2.24, 2.45) is 11.8 Å². The molecule has 1 aliphatic rings. The molecule has 0 bridgehead atoms. The SMILES string of the molecule is CCOC(=O)C1CC(=O)C(C(=O)c2ccc(C)cc2)C(=O)C1. The van der Waals surface area contributed by atoms with E-state index in [4.69, 9.17) is 4.74 Å². The lowest BCUT2D eigenvalue weighted by Crippen LogP contribution is -2.41. The van der Waals surface area contributed by atoms with Gasteiger partial charge in [-0.15, -0.1) is 0 Å². The molecule has 1 saturated carbocycles. The molecule has 22 heavy (non-hydrogen) atoms. The van der Waals surface area contributed by atoms with Crippen LogP contribution in [-0.4, -0.2) is 29.9 Å². The molecule has 5 heteroatoms. The van der Waals surface area contributed by atoms with Gasteiger partial charge in [-0.05, 0) is 13.8 Å². The second kappa shape index (κ2) is 6.64. The Balaban J connectivity index is 2.15. The molecule has 116 valence electrons. The largest absolute Gasteiger partial charge is 0.466 e. The molecule has 1 aromatic rings. The van der Waals surface area contributed by atoms with Gasteiger partial charge < -0.3 is 4.74 Å². The van der Waals surface area contributed by atoms with Crippen molar-refractivity contribution in [1.82, 2.24) is 0 Å². The molecule has 2 rings (SSSR count). The number of esters is 1. The van der Waals surface area contributed by atoms with E-state index in [1.54, 1.807) is 31.2 Å². The highest BCUT2D eigenvalue weighted by Gasteiger charge is 2.43. The summed E-state index contributed by atoms with van der Waals surface area (Å²) in [6, 6.07) is 6.73. The van der Waals surface area contributed by atoms with Gasteiger partial charge in [0.15, 0.2) is 17.3 Å². The summed E-state index contributed by atoms with van der Waals surface area (Å²) < 4.78 is 4.84. The molecule has 1 fully saturated rings. The van der Waals surface area contributed by atoms with Crippen LogP contribution < -0.4 is 0 Å². The van der Waals surface area contributed by atoms with E-state index >= 15 is 0 Å². The molecule has 0 radical (unpaired) electrons. The number of carbonyl (C=O) groups is 4. The number of ether oxygens (including phenoxy) is 1. The van der Waals surface area contributed by atoms with Crippen LogP contribution in [0.5, 0.6) is 0 Å². The van der Waals surface area contributed by atoms with Gasteiger partial charge in [0, 0.05) is 18.4 Å². The van der Waals surface area contributed by atoms with Gasteiger partial charge in [0.05, 0.1) is 12.5 Å². The summed E-state index contributed by atoms with van der Waals surface area (Å²) in [5, 5.41) is 0. The van der Waals surface area contributed by atoms with Crippen LogP contribution in [0.3, 0.4) is 0 Å². The van der Waals surface area contributed by atoms with Crippen molar-refractivity contribution in [3.63, 3.8) is 0 Å². The fraction of sp³-hybridized carbons (Fsp3) is 0.412. The normalized spacial score (nSPS) is 21.5. The molecule has 1 aliphatic carbocycles. The number of benzene rings is 1. The predicted molar refractivity (Wildman–Crippen MR) is 78.4 cm³/mol. The molecular weight excluding hydrogens is 284 g/mol. The average molecular weight is 302 g/mol. The Morgan fingerprint density at radius 2 is 1.64 bits per heavy atom. The molecule has 0 atom stereocenters. The first-order valence-corrected chi connectivity index (χ1v) is 7.27. The van der Waals surface area contributed by atoms with Crippen molar-refractivity contribution in [2.45, 2.75) is 26.7 Å². The monoisotopic (exact) mass is 302 g/mol. The Labute approximate surface area is 128 Å². The minimum absolute atomic E-state index is 0.118. The van der Waals surface area contributed by atoms with Crippen LogP contribution in [0, 0.1) is 18.8 Å². The summed E-state index contributed by atoms with van der Waals surface area (Å²) in [6.45, 7) is 3.74. The van der Waals surface area contributed by atoms with Gasteiger partial charge in [0.1, 0.15) is 5.92 Å². The molecule has 0 N–H and O–H groups in total. The van der Waals surface area contributed by atoms with Crippen molar-refractivity contribution < 1.29 is 23.9 Å². The predicted octanol–water partition coefficient (Wildman–Crippen LogP) is 1.91. The first-order chi connectivity index (χ1) is 10.4. The van der Waals surface area contributed by atoms with E-state index in [-0.39, 0.29) is 19.4 Å². The topological polar surface area (TPSA) is 77.5 Å². The third-order valence-corrected chi connectivity index (χ3v) is 3.76. The fourth-order valence-electron chi connectivity index (χ4n) is 2.58. The first-order valence-electron chi connectivity index (χ1n) is 7.27. The van der Waals surface area contributed by atoms with Crippen LogP contribution in [0.1, 0.15) is 35.7 Å². The summed E-state index contributed by atoms with van der Waals surface area (Å²) in [5.41, 5.74) is 1.33. The number of Topliss-reactive ketones (excluding diaryl/α,β-unsaturated/α-hetero) is 3. The summed E-state index contributed by atoms with van der Waals surface area (Å²) in [5.74, 6) is -4.09. The van der Waals surface area contributed by atoms with E-state index in [0.717, 1.165) is 5.56 Å². The smallest absolute Gasteiger partial charge is 0.309 e. The molecule has 0 saturated heterocycles. The van der Waals surface area contributed by atoms with Crippen molar-refractivity contribution in [2.75, 3.05) is 6.61 Å². The lowest BCUT2D eigenvalue weighted by molar-refractivity contribution is -0.154. The molecule has 0 heterocycles. The lowest BCUT2D eigenvalue weighted by Gasteiger charge is -2.24. The zero-order chi connectivity index (χ0) is 16.3. The van der Waals surface area contributed by atoms with Gasteiger partial charge in [0.2, 0.25) is 0 Å². The molecule has 0 unspecified atom stereocenters. The summed E-state index contributed by atoms with van der Waals surface area (Å²) in [7, 11) is 0. The van der Waals surface area contributed by atoms with Crippen LogP contribution in [0.15, 0.2) is 24.3 Å². The number of rotatable bonds is 4. The first kappa shape index (κ1) is 16.1. The second-order valence-electron chi connectivity index (χ2n) is 5.45. The molecule has 1 aromatic carbocycles.